The van der Waals surface area contributed by atoms with Gasteiger partial charge in [-0.1, -0.05) is 42.5 Å². The van der Waals surface area contributed by atoms with E-state index in [1.54, 1.807) is 0 Å². The highest BCUT2D eigenvalue weighted by molar-refractivity contribution is 5.87. The van der Waals surface area contributed by atoms with Gasteiger partial charge in [0.2, 0.25) is 0 Å². The van der Waals surface area contributed by atoms with Crippen molar-refractivity contribution in [3.05, 3.63) is 66.0 Å². The number of hydrogen-bond acceptors (Lipinski definition) is 4. The average Bonchev–Trinajstić information content (AvgIpc) is 3.31. The number of Topliss-reactive ketones (excluding diaryl/α,β-unsaturated/α-hetero) is 1. The number of likely N-dealkylation sites (N-methyl/N-ethyl adjacent to an activating group) is 1. The fourth-order valence-corrected chi connectivity index (χ4v) is 3.94. The first-order chi connectivity index (χ1) is 13.1. The molecule has 2 atom stereocenters. The average molecular weight is 363 g/mol. The van der Waals surface area contributed by atoms with Crippen molar-refractivity contribution in [2.45, 2.75) is 31.5 Å². The Hall–Kier alpha value is -2.50. The molecule has 0 bridgehead atoms. The largest absolute Gasteiger partial charge is 0.370 e. The molecule has 1 saturated heterocycles. The maximum Gasteiger partial charge on any atom is 0.174 e. The third-order valence-corrected chi connectivity index (χ3v) is 5.15. The molecule has 2 heterocycles. The molecule has 0 aliphatic carbocycles. The number of imidazole rings is 1. The molecule has 5 heteroatoms. The van der Waals surface area contributed by atoms with Crippen LogP contribution in [-0.4, -0.2) is 40.9 Å². The van der Waals surface area contributed by atoms with Gasteiger partial charge < -0.3 is 9.30 Å². The molecule has 0 unspecified atom stereocenters. The van der Waals surface area contributed by atoms with Gasteiger partial charge in [0.25, 0.3) is 0 Å². The number of ketones is 1. The second-order valence-electron chi connectivity index (χ2n) is 7.29. The minimum atomic E-state index is -0.287. The van der Waals surface area contributed by atoms with Crippen LogP contribution >= 0.6 is 0 Å². The fourth-order valence-electron chi connectivity index (χ4n) is 3.94. The highest BCUT2D eigenvalue weighted by atomic mass is 16.5. The number of fused-ring (bicyclic) bond motifs is 1. The van der Waals surface area contributed by atoms with Gasteiger partial charge in [0.05, 0.1) is 23.6 Å². The Morgan fingerprint density at radius 1 is 1.19 bits per heavy atom. The molecule has 1 aliphatic heterocycles. The van der Waals surface area contributed by atoms with E-state index in [1.807, 2.05) is 78.2 Å². The summed E-state index contributed by atoms with van der Waals surface area (Å²) in [5, 5.41) is 0. The van der Waals surface area contributed by atoms with Gasteiger partial charge in [0.15, 0.2) is 5.78 Å². The minimum Gasteiger partial charge on any atom is -0.370 e. The summed E-state index contributed by atoms with van der Waals surface area (Å²) in [6.45, 7) is 1.04. The van der Waals surface area contributed by atoms with Crippen LogP contribution in [0.4, 0.5) is 0 Å². The molecule has 1 fully saturated rings. The molecule has 1 aliphatic rings. The summed E-state index contributed by atoms with van der Waals surface area (Å²) in [7, 11) is 3.89. The normalized spacial score (nSPS) is 18.3. The molecule has 3 aromatic rings. The Bertz CT molecular complexity index is 927. The zero-order chi connectivity index (χ0) is 18.8. The van der Waals surface area contributed by atoms with Crippen LogP contribution in [0.1, 0.15) is 36.4 Å². The molecule has 0 spiro atoms. The molecular weight excluding hydrogens is 338 g/mol. The van der Waals surface area contributed by atoms with Crippen LogP contribution in [0.25, 0.3) is 11.0 Å². The lowest BCUT2D eigenvalue weighted by Gasteiger charge is -2.24. The summed E-state index contributed by atoms with van der Waals surface area (Å²) in [6, 6.07) is 17.6. The number of nitrogens with zero attached hydrogens (tertiary/aromatic N) is 3. The van der Waals surface area contributed by atoms with Crippen molar-refractivity contribution in [3.63, 3.8) is 0 Å². The van der Waals surface area contributed by atoms with Crippen molar-refractivity contribution in [2.24, 2.45) is 0 Å². The standard InChI is InChI=1S/C22H25N3O2/c1-24(2)21(16-9-4-3-5-10-16)19(26)15-25-18-12-7-6-11-17(18)23-22(25)20-13-8-14-27-20/h3-7,9-12,20-21H,8,13-15H2,1-2H3/t20-,21-/m1/s1. The third kappa shape index (κ3) is 3.53. The monoisotopic (exact) mass is 363 g/mol. The van der Waals surface area contributed by atoms with E-state index < -0.39 is 0 Å². The zero-order valence-corrected chi connectivity index (χ0v) is 15.8. The topological polar surface area (TPSA) is 47.4 Å². The molecular formula is C22H25N3O2. The summed E-state index contributed by atoms with van der Waals surface area (Å²) in [5.41, 5.74) is 2.91. The van der Waals surface area contributed by atoms with E-state index in [0.717, 1.165) is 41.9 Å². The van der Waals surface area contributed by atoms with Crippen LogP contribution in [0, 0.1) is 0 Å². The Kier molecular flexibility index (Phi) is 5.05. The van der Waals surface area contributed by atoms with Crippen LogP contribution < -0.4 is 0 Å². The molecule has 1 aromatic heterocycles. The van der Waals surface area contributed by atoms with Crippen LogP contribution in [0.15, 0.2) is 54.6 Å². The molecule has 4 rings (SSSR count). The first-order valence-corrected chi connectivity index (χ1v) is 9.46. The molecule has 5 nitrogen and oxygen atoms in total. The second kappa shape index (κ2) is 7.62. The van der Waals surface area contributed by atoms with E-state index in [2.05, 4.69) is 0 Å². The SMILES string of the molecule is CN(C)[C@@H](C(=O)Cn1c([C@H]2CCCO2)nc2ccccc21)c1ccccc1. The highest BCUT2D eigenvalue weighted by Crippen LogP contribution is 2.31. The van der Waals surface area contributed by atoms with Gasteiger partial charge in [0.1, 0.15) is 11.9 Å². The number of benzene rings is 2. The first kappa shape index (κ1) is 17.9. The quantitative estimate of drug-likeness (QED) is 0.669. The predicted molar refractivity (Wildman–Crippen MR) is 106 cm³/mol. The second-order valence-corrected chi connectivity index (χ2v) is 7.29. The highest BCUT2D eigenvalue weighted by Gasteiger charge is 2.28. The van der Waals surface area contributed by atoms with Gasteiger partial charge in [-0.25, -0.2) is 4.98 Å². The lowest BCUT2D eigenvalue weighted by molar-refractivity contribution is -0.124. The smallest absolute Gasteiger partial charge is 0.174 e. The summed E-state index contributed by atoms with van der Waals surface area (Å²) < 4.78 is 7.93. The van der Waals surface area contributed by atoms with Gasteiger partial charge in [-0.3, -0.25) is 9.69 Å². The lowest BCUT2D eigenvalue weighted by atomic mass is 10.0. The van der Waals surface area contributed by atoms with Gasteiger partial charge in [0, 0.05) is 6.61 Å². The summed E-state index contributed by atoms with van der Waals surface area (Å²) >= 11 is 0. The number of hydrogen-bond donors (Lipinski definition) is 0. The van der Waals surface area contributed by atoms with Crippen LogP contribution in [0.3, 0.4) is 0 Å². The van der Waals surface area contributed by atoms with Gasteiger partial charge in [-0.15, -0.1) is 0 Å². The van der Waals surface area contributed by atoms with Gasteiger partial charge >= 0.3 is 0 Å². The first-order valence-electron chi connectivity index (χ1n) is 9.46. The van der Waals surface area contributed by atoms with Crippen molar-refractivity contribution in [1.29, 1.82) is 0 Å². The van der Waals surface area contributed by atoms with Crippen molar-refractivity contribution < 1.29 is 9.53 Å². The van der Waals surface area contributed by atoms with E-state index in [4.69, 9.17) is 9.72 Å². The molecule has 2 aromatic carbocycles. The molecule has 0 saturated carbocycles. The Balaban J connectivity index is 1.71. The van der Waals surface area contributed by atoms with Crippen LogP contribution in [0.2, 0.25) is 0 Å². The van der Waals surface area contributed by atoms with Crippen molar-refractivity contribution >= 4 is 16.8 Å². The number of ether oxygens (including phenoxy) is 1. The molecule has 140 valence electrons. The third-order valence-electron chi connectivity index (χ3n) is 5.15. The van der Waals surface area contributed by atoms with E-state index in [1.165, 1.54) is 0 Å². The summed E-state index contributed by atoms with van der Waals surface area (Å²) in [4.78, 5) is 20.1. The maximum absolute atomic E-state index is 13.3. The summed E-state index contributed by atoms with van der Waals surface area (Å²) in [5.74, 6) is 1.02. The van der Waals surface area contributed by atoms with E-state index >= 15 is 0 Å². The van der Waals surface area contributed by atoms with Crippen LogP contribution in [0.5, 0.6) is 0 Å². The number of carbonyl (C=O) groups is 1. The van der Waals surface area contributed by atoms with Crippen molar-refractivity contribution in [3.8, 4) is 0 Å². The fraction of sp³-hybridized carbons (Fsp3) is 0.364. The van der Waals surface area contributed by atoms with Crippen molar-refractivity contribution in [2.75, 3.05) is 20.7 Å². The molecule has 27 heavy (non-hydrogen) atoms. The Morgan fingerprint density at radius 2 is 1.93 bits per heavy atom. The number of aromatic nitrogens is 2. The van der Waals surface area contributed by atoms with E-state index in [-0.39, 0.29) is 24.5 Å². The predicted octanol–water partition coefficient (Wildman–Crippen LogP) is 3.76. The number of carbonyl (C=O) groups excluding carboxylic acids is 1. The van der Waals surface area contributed by atoms with Crippen molar-refractivity contribution in [1.82, 2.24) is 14.5 Å². The number of para-hydroxylation sites is 2. The Labute approximate surface area is 159 Å². The molecule has 0 N–H and O–H groups in total. The minimum absolute atomic E-state index is 0.0280. The van der Waals surface area contributed by atoms with Crippen LogP contribution in [-0.2, 0) is 16.1 Å². The zero-order valence-electron chi connectivity index (χ0n) is 15.8. The molecule has 0 radical (unpaired) electrons. The van der Waals surface area contributed by atoms with E-state index in [0.29, 0.717) is 0 Å². The molecule has 0 amide bonds. The summed E-state index contributed by atoms with van der Waals surface area (Å²) in [6.07, 6.45) is 1.96. The van der Waals surface area contributed by atoms with Gasteiger partial charge in [-0.2, -0.15) is 0 Å². The van der Waals surface area contributed by atoms with Gasteiger partial charge in [-0.05, 0) is 44.6 Å². The maximum atomic E-state index is 13.3. The van der Waals surface area contributed by atoms with E-state index in [9.17, 15) is 4.79 Å². The lowest BCUT2D eigenvalue weighted by Crippen LogP contribution is -2.31. The number of rotatable bonds is 6. The Morgan fingerprint density at radius 3 is 2.63 bits per heavy atom.